The summed E-state index contributed by atoms with van der Waals surface area (Å²) in [4.78, 5) is 0. The molecular formula is C11H25NO2S. The zero-order valence-electron chi connectivity index (χ0n) is 10.5. The largest absolute Gasteiger partial charge is 0.213 e. The van der Waals surface area contributed by atoms with Crippen LogP contribution in [0, 0.1) is 5.92 Å². The molecule has 92 valence electrons. The number of hydrogen-bond donors (Lipinski definition) is 0. The van der Waals surface area contributed by atoms with Crippen LogP contribution < -0.4 is 0 Å². The molecule has 0 amide bonds. The third-order valence-corrected chi connectivity index (χ3v) is 4.42. The second kappa shape index (κ2) is 7.23. The average molecular weight is 235 g/mol. The van der Waals surface area contributed by atoms with Gasteiger partial charge >= 0.3 is 0 Å². The van der Waals surface area contributed by atoms with E-state index in [2.05, 4.69) is 20.8 Å². The Bertz CT molecular complexity index is 247. The predicted octanol–water partition coefficient (Wildman–Crippen LogP) is 2.48. The summed E-state index contributed by atoms with van der Waals surface area (Å²) in [5.41, 5.74) is 0. The first-order valence-electron chi connectivity index (χ1n) is 5.84. The molecule has 0 bridgehead atoms. The molecule has 0 aliphatic rings. The molecule has 0 heterocycles. The Morgan fingerprint density at radius 1 is 1.20 bits per heavy atom. The van der Waals surface area contributed by atoms with Crippen molar-refractivity contribution in [1.82, 2.24) is 4.31 Å². The number of rotatable bonds is 8. The minimum atomic E-state index is -2.99. The second-order valence-corrected chi connectivity index (χ2v) is 6.72. The van der Waals surface area contributed by atoms with Gasteiger partial charge in [0.2, 0.25) is 10.0 Å². The lowest BCUT2D eigenvalue weighted by Gasteiger charge is -2.16. The molecule has 0 spiro atoms. The summed E-state index contributed by atoms with van der Waals surface area (Å²) < 4.78 is 25.0. The number of nitrogens with zero attached hydrogens (tertiary/aromatic N) is 1. The van der Waals surface area contributed by atoms with Crippen LogP contribution in [-0.2, 0) is 10.0 Å². The highest BCUT2D eigenvalue weighted by atomic mass is 32.2. The molecule has 0 aromatic carbocycles. The zero-order valence-corrected chi connectivity index (χ0v) is 11.3. The molecule has 0 aliphatic carbocycles. The molecule has 0 saturated carbocycles. The minimum Gasteiger partial charge on any atom is -0.212 e. The van der Waals surface area contributed by atoms with Crippen molar-refractivity contribution in [2.45, 2.75) is 46.5 Å². The van der Waals surface area contributed by atoms with Gasteiger partial charge in [-0.25, -0.2) is 12.7 Å². The normalized spacial score (nSPS) is 12.7. The molecule has 4 heteroatoms. The van der Waals surface area contributed by atoms with Gasteiger partial charge in [0.15, 0.2) is 0 Å². The van der Waals surface area contributed by atoms with Crippen molar-refractivity contribution in [3.8, 4) is 0 Å². The third kappa shape index (κ3) is 6.90. The number of unbranched alkanes of at least 4 members (excludes halogenated alkanes) is 1. The van der Waals surface area contributed by atoms with E-state index in [4.69, 9.17) is 0 Å². The molecule has 0 fully saturated rings. The molecule has 0 aromatic heterocycles. The van der Waals surface area contributed by atoms with Gasteiger partial charge in [0.1, 0.15) is 0 Å². The van der Waals surface area contributed by atoms with E-state index in [0.29, 0.717) is 18.2 Å². The van der Waals surface area contributed by atoms with Gasteiger partial charge in [0.25, 0.3) is 0 Å². The third-order valence-electron chi connectivity index (χ3n) is 2.49. The van der Waals surface area contributed by atoms with Crippen molar-refractivity contribution in [3.05, 3.63) is 0 Å². The van der Waals surface area contributed by atoms with Gasteiger partial charge < -0.3 is 0 Å². The summed E-state index contributed by atoms with van der Waals surface area (Å²) in [7, 11) is -1.31. The van der Waals surface area contributed by atoms with Gasteiger partial charge in [0, 0.05) is 13.6 Å². The Morgan fingerprint density at radius 3 is 2.27 bits per heavy atom. The van der Waals surface area contributed by atoms with Crippen LogP contribution in [0.15, 0.2) is 0 Å². The van der Waals surface area contributed by atoms with Crippen molar-refractivity contribution < 1.29 is 8.42 Å². The van der Waals surface area contributed by atoms with Crippen molar-refractivity contribution in [1.29, 1.82) is 0 Å². The highest BCUT2D eigenvalue weighted by Crippen LogP contribution is 2.08. The molecule has 3 nitrogen and oxygen atoms in total. The lowest BCUT2D eigenvalue weighted by atomic mass is 10.1. The zero-order chi connectivity index (χ0) is 11.9. The molecule has 0 radical (unpaired) electrons. The minimum absolute atomic E-state index is 0.297. The summed E-state index contributed by atoms with van der Waals surface area (Å²) in [5.74, 6) is 0.881. The Labute approximate surface area is 94.9 Å². The standard InChI is InChI=1S/C11H25NO2S/c1-5-6-9-12(4)15(13,14)10-7-8-11(2)3/h11H,5-10H2,1-4H3. The van der Waals surface area contributed by atoms with Crippen molar-refractivity contribution >= 4 is 10.0 Å². The van der Waals surface area contributed by atoms with E-state index in [9.17, 15) is 8.42 Å². The van der Waals surface area contributed by atoms with Crippen molar-refractivity contribution in [3.63, 3.8) is 0 Å². The SMILES string of the molecule is CCCCN(C)S(=O)(=O)CCCC(C)C. The van der Waals surface area contributed by atoms with Crippen molar-refractivity contribution in [2.75, 3.05) is 19.3 Å². The molecule has 0 aromatic rings. The fourth-order valence-electron chi connectivity index (χ4n) is 1.35. The molecule has 15 heavy (non-hydrogen) atoms. The average Bonchev–Trinajstić information content (AvgIpc) is 2.13. The van der Waals surface area contributed by atoms with Gasteiger partial charge in [-0.05, 0) is 25.2 Å². The molecule has 0 N–H and O–H groups in total. The van der Waals surface area contributed by atoms with Crippen LogP contribution in [0.1, 0.15) is 46.5 Å². The maximum atomic E-state index is 11.7. The van der Waals surface area contributed by atoms with E-state index < -0.39 is 10.0 Å². The van der Waals surface area contributed by atoms with E-state index in [0.717, 1.165) is 25.7 Å². The van der Waals surface area contributed by atoms with Crippen LogP contribution in [0.5, 0.6) is 0 Å². The molecule has 0 saturated heterocycles. The Kier molecular flexibility index (Phi) is 7.18. The Hall–Kier alpha value is -0.0900. The monoisotopic (exact) mass is 235 g/mol. The lowest BCUT2D eigenvalue weighted by molar-refractivity contribution is 0.455. The molecular weight excluding hydrogens is 210 g/mol. The van der Waals surface area contributed by atoms with Gasteiger partial charge in [-0.1, -0.05) is 27.2 Å². The highest BCUT2D eigenvalue weighted by molar-refractivity contribution is 7.89. The summed E-state index contributed by atoms with van der Waals surface area (Å²) in [6, 6.07) is 0. The van der Waals surface area contributed by atoms with E-state index in [1.165, 1.54) is 4.31 Å². The van der Waals surface area contributed by atoms with E-state index >= 15 is 0 Å². The summed E-state index contributed by atoms with van der Waals surface area (Å²) >= 11 is 0. The van der Waals surface area contributed by atoms with Crippen molar-refractivity contribution in [2.24, 2.45) is 5.92 Å². The molecule has 0 atom stereocenters. The first-order chi connectivity index (χ1) is 6.90. The van der Waals surface area contributed by atoms with Gasteiger partial charge in [-0.3, -0.25) is 0 Å². The van der Waals surface area contributed by atoms with Gasteiger partial charge in [-0.2, -0.15) is 0 Å². The van der Waals surface area contributed by atoms with Crippen LogP contribution >= 0.6 is 0 Å². The fraction of sp³-hybridized carbons (Fsp3) is 1.00. The van der Waals surface area contributed by atoms with Gasteiger partial charge in [-0.15, -0.1) is 0 Å². The summed E-state index contributed by atoms with van der Waals surface area (Å²) in [5, 5.41) is 0. The molecule has 0 unspecified atom stereocenters. The first kappa shape index (κ1) is 14.9. The quantitative estimate of drug-likeness (QED) is 0.648. The number of sulfonamides is 1. The topological polar surface area (TPSA) is 37.4 Å². The Balaban J connectivity index is 3.95. The lowest BCUT2D eigenvalue weighted by Crippen LogP contribution is -2.30. The molecule has 0 rings (SSSR count). The first-order valence-corrected chi connectivity index (χ1v) is 7.45. The molecule has 0 aliphatic heterocycles. The van der Waals surface area contributed by atoms with Crippen LogP contribution in [0.2, 0.25) is 0 Å². The maximum absolute atomic E-state index is 11.7. The smallest absolute Gasteiger partial charge is 0.212 e. The predicted molar refractivity (Wildman–Crippen MR) is 65.4 cm³/mol. The van der Waals surface area contributed by atoms with Crippen LogP contribution in [0.4, 0.5) is 0 Å². The van der Waals surface area contributed by atoms with E-state index in [1.54, 1.807) is 7.05 Å². The second-order valence-electron chi connectivity index (χ2n) is 4.53. The summed E-state index contributed by atoms with van der Waals surface area (Å²) in [6.45, 7) is 6.96. The fourth-order valence-corrected chi connectivity index (χ4v) is 2.60. The Morgan fingerprint density at radius 2 is 1.80 bits per heavy atom. The van der Waals surface area contributed by atoms with Crippen LogP contribution in [-0.4, -0.2) is 32.1 Å². The summed E-state index contributed by atoms with van der Waals surface area (Å²) in [6.07, 6.45) is 3.74. The number of hydrogen-bond acceptors (Lipinski definition) is 2. The van der Waals surface area contributed by atoms with E-state index in [1.807, 2.05) is 0 Å². The van der Waals surface area contributed by atoms with Gasteiger partial charge in [0.05, 0.1) is 5.75 Å². The maximum Gasteiger partial charge on any atom is 0.213 e. The highest BCUT2D eigenvalue weighted by Gasteiger charge is 2.16. The van der Waals surface area contributed by atoms with Crippen LogP contribution in [0.25, 0.3) is 0 Å². The van der Waals surface area contributed by atoms with Crippen LogP contribution in [0.3, 0.4) is 0 Å². The van der Waals surface area contributed by atoms with E-state index in [-0.39, 0.29) is 0 Å².